The van der Waals surface area contributed by atoms with Gasteiger partial charge in [0.1, 0.15) is 24.6 Å². The fraction of sp³-hybridized carbons (Fsp3) is 0.200. The van der Waals surface area contributed by atoms with Gasteiger partial charge in [-0.05, 0) is 17.7 Å². The molecule has 86 valence electrons. The van der Waals surface area contributed by atoms with Crippen LogP contribution in [0.1, 0.15) is 11.7 Å². The van der Waals surface area contributed by atoms with Gasteiger partial charge in [-0.1, -0.05) is 48.5 Å². The van der Waals surface area contributed by atoms with E-state index in [1.807, 2.05) is 48.5 Å². The van der Waals surface area contributed by atoms with E-state index in [1.54, 1.807) is 0 Å². The highest BCUT2D eigenvalue weighted by Gasteiger charge is 2.40. The van der Waals surface area contributed by atoms with Crippen molar-refractivity contribution in [3.8, 4) is 5.75 Å². The molecule has 0 spiro atoms. The predicted molar refractivity (Wildman–Crippen MR) is 66.0 cm³/mol. The summed E-state index contributed by atoms with van der Waals surface area (Å²) in [6, 6.07) is 20.1. The fourth-order valence-corrected chi connectivity index (χ4v) is 1.90. The molecule has 2 heteroatoms. The van der Waals surface area contributed by atoms with Gasteiger partial charge in [0.15, 0.2) is 0 Å². The van der Waals surface area contributed by atoms with Gasteiger partial charge in [0, 0.05) is 0 Å². The van der Waals surface area contributed by atoms with Gasteiger partial charge in [-0.25, -0.2) is 0 Å². The largest absolute Gasteiger partial charge is 0.491 e. The van der Waals surface area contributed by atoms with E-state index in [0.717, 1.165) is 5.75 Å². The highest BCUT2D eigenvalue weighted by molar-refractivity contribution is 5.24. The Kier molecular flexibility index (Phi) is 2.80. The van der Waals surface area contributed by atoms with Gasteiger partial charge >= 0.3 is 0 Å². The average molecular weight is 226 g/mol. The Bertz CT molecular complexity index is 467. The Morgan fingerprint density at radius 1 is 0.882 bits per heavy atom. The molecule has 0 radical (unpaired) electrons. The number of hydrogen-bond acceptors (Lipinski definition) is 2. The number of benzene rings is 2. The molecule has 1 saturated heterocycles. The van der Waals surface area contributed by atoms with E-state index in [9.17, 15) is 0 Å². The lowest BCUT2D eigenvalue weighted by molar-refractivity contribution is 0.260. The number of hydrogen-bond donors (Lipinski definition) is 0. The van der Waals surface area contributed by atoms with Crippen LogP contribution >= 0.6 is 0 Å². The van der Waals surface area contributed by atoms with Crippen LogP contribution in [0.15, 0.2) is 60.7 Å². The normalized spacial score (nSPS) is 22.1. The molecule has 0 N–H and O–H groups in total. The molecule has 0 bridgehead atoms. The summed E-state index contributed by atoms with van der Waals surface area (Å²) in [4.78, 5) is 0. The average Bonchev–Trinajstić information content (AvgIpc) is 3.18. The minimum Gasteiger partial charge on any atom is -0.491 e. The first-order chi connectivity index (χ1) is 8.43. The number of epoxide rings is 1. The third-order valence-electron chi connectivity index (χ3n) is 2.87. The summed E-state index contributed by atoms with van der Waals surface area (Å²) in [5, 5.41) is 0. The first-order valence-corrected chi connectivity index (χ1v) is 5.82. The predicted octanol–water partition coefficient (Wildman–Crippen LogP) is 3.21. The lowest BCUT2D eigenvalue weighted by atomic mass is 10.1. The minimum absolute atomic E-state index is 0.192. The van der Waals surface area contributed by atoms with E-state index in [-0.39, 0.29) is 12.2 Å². The van der Waals surface area contributed by atoms with Gasteiger partial charge in [-0.15, -0.1) is 0 Å². The first-order valence-electron chi connectivity index (χ1n) is 5.82. The Labute approximate surface area is 101 Å². The van der Waals surface area contributed by atoms with E-state index in [4.69, 9.17) is 9.47 Å². The van der Waals surface area contributed by atoms with Crippen LogP contribution in [0.5, 0.6) is 5.75 Å². The number of ether oxygens (including phenoxy) is 2. The van der Waals surface area contributed by atoms with Crippen molar-refractivity contribution in [2.45, 2.75) is 12.2 Å². The lowest BCUT2D eigenvalue weighted by Gasteiger charge is -2.02. The van der Waals surface area contributed by atoms with E-state index >= 15 is 0 Å². The van der Waals surface area contributed by atoms with Crippen molar-refractivity contribution < 1.29 is 9.47 Å². The zero-order valence-corrected chi connectivity index (χ0v) is 9.45. The van der Waals surface area contributed by atoms with Crippen molar-refractivity contribution in [2.24, 2.45) is 0 Å². The summed E-state index contributed by atoms with van der Waals surface area (Å²) in [6.45, 7) is 0.615. The molecule has 2 atom stereocenters. The molecule has 1 aliphatic rings. The zero-order valence-electron chi connectivity index (χ0n) is 9.45. The Hall–Kier alpha value is -1.80. The van der Waals surface area contributed by atoms with Crippen molar-refractivity contribution in [2.75, 3.05) is 6.61 Å². The van der Waals surface area contributed by atoms with E-state index in [2.05, 4.69) is 12.1 Å². The second-order valence-corrected chi connectivity index (χ2v) is 4.13. The van der Waals surface area contributed by atoms with Gasteiger partial charge in [-0.2, -0.15) is 0 Å². The van der Waals surface area contributed by atoms with Crippen LogP contribution in [-0.4, -0.2) is 12.7 Å². The molecular weight excluding hydrogens is 212 g/mol. The minimum atomic E-state index is 0.192. The van der Waals surface area contributed by atoms with Crippen molar-refractivity contribution in [1.82, 2.24) is 0 Å². The summed E-state index contributed by atoms with van der Waals surface area (Å²) >= 11 is 0. The second-order valence-electron chi connectivity index (χ2n) is 4.13. The molecule has 2 aromatic rings. The van der Waals surface area contributed by atoms with Crippen LogP contribution in [0, 0.1) is 0 Å². The van der Waals surface area contributed by atoms with Gasteiger partial charge < -0.3 is 9.47 Å². The monoisotopic (exact) mass is 226 g/mol. The molecule has 0 aliphatic carbocycles. The highest BCUT2D eigenvalue weighted by Crippen LogP contribution is 2.38. The third-order valence-corrected chi connectivity index (χ3v) is 2.87. The summed E-state index contributed by atoms with van der Waals surface area (Å²) in [7, 11) is 0. The van der Waals surface area contributed by atoms with Gasteiger partial charge in [-0.3, -0.25) is 0 Å². The van der Waals surface area contributed by atoms with Crippen LogP contribution in [0.4, 0.5) is 0 Å². The molecule has 1 heterocycles. The molecule has 0 unspecified atom stereocenters. The lowest BCUT2D eigenvalue weighted by Crippen LogP contribution is -2.05. The molecule has 0 aromatic heterocycles. The fourth-order valence-electron chi connectivity index (χ4n) is 1.90. The maximum absolute atomic E-state index is 5.66. The van der Waals surface area contributed by atoms with Crippen LogP contribution in [0.2, 0.25) is 0 Å². The topological polar surface area (TPSA) is 21.8 Å². The van der Waals surface area contributed by atoms with Crippen molar-refractivity contribution >= 4 is 0 Å². The van der Waals surface area contributed by atoms with Gasteiger partial charge in [0.2, 0.25) is 0 Å². The van der Waals surface area contributed by atoms with Crippen molar-refractivity contribution in [3.05, 3.63) is 66.2 Å². The van der Waals surface area contributed by atoms with Gasteiger partial charge in [0.05, 0.1) is 0 Å². The Morgan fingerprint density at radius 3 is 2.24 bits per heavy atom. The number of para-hydroxylation sites is 1. The molecule has 2 aromatic carbocycles. The van der Waals surface area contributed by atoms with Crippen LogP contribution in [-0.2, 0) is 4.74 Å². The number of rotatable bonds is 4. The quantitative estimate of drug-likeness (QED) is 0.747. The molecule has 17 heavy (non-hydrogen) atoms. The van der Waals surface area contributed by atoms with Crippen molar-refractivity contribution in [1.29, 1.82) is 0 Å². The smallest absolute Gasteiger partial charge is 0.123 e. The van der Waals surface area contributed by atoms with Crippen LogP contribution in [0.3, 0.4) is 0 Å². The Balaban J connectivity index is 1.53. The van der Waals surface area contributed by atoms with Gasteiger partial charge in [0.25, 0.3) is 0 Å². The maximum atomic E-state index is 5.66. The molecule has 3 rings (SSSR count). The molecule has 0 amide bonds. The van der Waals surface area contributed by atoms with E-state index < -0.39 is 0 Å². The third kappa shape index (κ3) is 2.48. The van der Waals surface area contributed by atoms with E-state index in [1.165, 1.54) is 5.56 Å². The standard InChI is InChI=1S/C15H14O2/c1-3-7-12(8-4-1)15-14(17-15)11-16-13-9-5-2-6-10-13/h1-10,14-15H,11H2/t14-,15-/m0/s1. The Morgan fingerprint density at radius 2 is 1.53 bits per heavy atom. The van der Waals surface area contributed by atoms with Crippen LogP contribution < -0.4 is 4.74 Å². The summed E-state index contributed by atoms with van der Waals surface area (Å²) in [5.41, 5.74) is 1.23. The molecule has 0 saturated carbocycles. The SMILES string of the molecule is c1ccc(OC[C@@H]2O[C@H]2c2ccccc2)cc1. The maximum Gasteiger partial charge on any atom is 0.123 e. The van der Waals surface area contributed by atoms with Crippen molar-refractivity contribution in [3.63, 3.8) is 0 Å². The molecular formula is C15H14O2. The molecule has 2 nitrogen and oxygen atoms in total. The van der Waals surface area contributed by atoms with Crippen LogP contribution in [0.25, 0.3) is 0 Å². The zero-order chi connectivity index (χ0) is 11.5. The van der Waals surface area contributed by atoms with E-state index in [0.29, 0.717) is 6.61 Å². The summed E-state index contributed by atoms with van der Waals surface area (Å²) < 4.78 is 11.3. The second kappa shape index (κ2) is 4.60. The summed E-state index contributed by atoms with van der Waals surface area (Å²) in [6.07, 6.45) is 0.400. The summed E-state index contributed by atoms with van der Waals surface area (Å²) in [5.74, 6) is 0.898. The molecule has 1 fully saturated rings. The first kappa shape index (κ1) is 10.4. The molecule has 1 aliphatic heterocycles. The highest BCUT2D eigenvalue weighted by atomic mass is 16.6.